The van der Waals surface area contributed by atoms with Gasteiger partial charge in [-0.05, 0) is 45.8 Å². The Balaban J connectivity index is 1.79. The van der Waals surface area contributed by atoms with Crippen LogP contribution in [0.25, 0.3) is 43.5 Å². The van der Waals surface area contributed by atoms with Crippen LogP contribution in [0.5, 0.6) is 0 Å². The van der Waals surface area contributed by atoms with Gasteiger partial charge in [-0.2, -0.15) is 0 Å². The molecular formula is C26H17NO. The molecule has 0 bridgehead atoms. The molecule has 0 amide bonds. The predicted molar refractivity (Wildman–Crippen MR) is 118 cm³/mol. The summed E-state index contributed by atoms with van der Waals surface area (Å²) < 4.78 is 6.41. The van der Waals surface area contributed by atoms with Crippen molar-refractivity contribution in [2.75, 3.05) is 5.32 Å². The molecule has 0 radical (unpaired) electrons. The van der Waals surface area contributed by atoms with Crippen LogP contribution >= 0.6 is 0 Å². The summed E-state index contributed by atoms with van der Waals surface area (Å²) in [4.78, 5) is 0. The Morgan fingerprint density at radius 2 is 1.25 bits per heavy atom. The molecule has 6 rings (SSSR count). The van der Waals surface area contributed by atoms with Gasteiger partial charge in [0.1, 0.15) is 5.58 Å². The van der Waals surface area contributed by atoms with Crippen molar-refractivity contribution in [3.63, 3.8) is 0 Å². The topological polar surface area (TPSA) is 25.2 Å². The molecule has 0 saturated heterocycles. The van der Waals surface area contributed by atoms with Crippen molar-refractivity contribution in [3.8, 4) is 0 Å². The highest BCUT2D eigenvalue weighted by molar-refractivity contribution is 6.28. The zero-order chi connectivity index (χ0) is 18.5. The molecule has 0 fully saturated rings. The van der Waals surface area contributed by atoms with Crippen LogP contribution in [0.2, 0.25) is 0 Å². The number of hydrogen-bond donors (Lipinski definition) is 1. The van der Waals surface area contributed by atoms with Crippen LogP contribution in [-0.4, -0.2) is 0 Å². The van der Waals surface area contributed by atoms with Crippen LogP contribution in [-0.2, 0) is 0 Å². The van der Waals surface area contributed by atoms with Crippen LogP contribution < -0.4 is 5.32 Å². The maximum atomic E-state index is 6.41. The number of furan rings is 1. The van der Waals surface area contributed by atoms with Crippen molar-refractivity contribution in [1.82, 2.24) is 0 Å². The third kappa shape index (κ3) is 2.21. The lowest BCUT2D eigenvalue weighted by atomic mass is 9.99. The normalized spacial score (nSPS) is 11.6. The van der Waals surface area contributed by atoms with Gasteiger partial charge in [0.25, 0.3) is 0 Å². The summed E-state index contributed by atoms with van der Waals surface area (Å²) in [5.41, 5.74) is 3.85. The van der Waals surface area contributed by atoms with E-state index in [4.69, 9.17) is 4.42 Å². The highest BCUT2D eigenvalue weighted by atomic mass is 16.3. The summed E-state index contributed by atoms with van der Waals surface area (Å²) in [6, 6.07) is 33.6. The van der Waals surface area contributed by atoms with E-state index in [9.17, 15) is 0 Å². The minimum absolute atomic E-state index is 0.897. The van der Waals surface area contributed by atoms with Gasteiger partial charge < -0.3 is 9.73 Å². The molecule has 0 unspecified atom stereocenters. The lowest BCUT2D eigenvalue weighted by molar-refractivity contribution is 0.670. The molecule has 0 aliphatic heterocycles. The fourth-order valence-electron chi connectivity index (χ4n) is 4.16. The molecular weight excluding hydrogens is 342 g/mol. The molecule has 0 saturated carbocycles. The second-order valence-electron chi connectivity index (χ2n) is 7.10. The number of para-hydroxylation sites is 1. The molecule has 0 aliphatic carbocycles. The molecule has 0 atom stereocenters. The van der Waals surface area contributed by atoms with E-state index in [1.165, 1.54) is 32.3 Å². The highest BCUT2D eigenvalue weighted by Gasteiger charge is 2.17. The summed E-state index contributed by atoms with van der Waals surface area (Å²) in [6.07, 6.45) is 0. The first-order chi connectivity index (χ1) is 13.9. The van der Waals surface area contributed by atoms with Gasteiger partial charge in [-0.3, -0.25) is 0 Å². The Hall–Kier alpha value is -3.78. The smallest absolute Gasteiger partial charge is 0.159 e. The largest absolute Gasteiger partial charge is 0.454 e. The van der Waals surface area contributed by atoms with Crippen molar-refractivity contribution >= 4 is 54.9 Å². The molecule has 2 heteroatoms. The molecule has 2 nitrogen and oxygen atoms in total. The standard InChI is InChI=1S/C26H17NO/c1-2-10-19(11-3-1)27-22-16-18-9-5-7-13-21(18)25-24-20-12-6-4-8-17(20)14-15-23(24)28-26(22)25/h1-16,27H. The molecule has 132 valence electrons. The van der Waals surface area contributed by atoms with E-state index in [-0.39, 0.29) is 0 Å². The van der Waals surface area contributed by atoms with Gasteiger partial charge in [-0.25, -0.2) is 0 Å². The minimum atomic E-state index is 0.897. The zero-order valence-corrected chi connectivity index (χ0v) is 15.1. The van der Waals surface area contributed by atoms with Crippen molar-refractivity contribution < 1.29 is 4.42 Å². The van der Waals surface area contributed by atoms with E-state index < -0.39 is 0 Å². The van der Waals surface area contributed by atoms with E-state index in [0.29, 0.717) is 0 Å². The van der Waals surface area contributed by atoms with E-state index in [2.05, 4.69) is 84.2 Å². The van der Waals surface area contributed by atoms with Crippen molar-refractivity contribution in [2.24, 2.45) is 0 Å². The van der Waals surface area contributed by atoms with Crippen LogP contribution in [0.1, 0.15) is 0 Å². The molecule has 1 N–H and O–H groups in total. The first-order valence-electron chi connectivity index (χ1n) is 9.46. The average Bonchev–Trinajstić information content (AvgIpc) is 3.15. The minimum Gasteiger partial charge on any atom is -0.454 e. The van der Waals surface area contributed by atoms with Gasteiger partial charge in [0.05, 0.1) is 5.69 Å². The lowest BCUT2D eigenvalue weighted by Crippen LogP contribution is -1.91. The van der Waals surface area contributed by atoms with Gasteiger partial charge >= 0.3 is 0 Å². The molecule has 0 aliphatic rings. The Labute approximate surface area is 162 Å². The molecule has 5 aromatic carbocycles. The van der Waals surface area contributed by atoms with E-state index in [1.54, 1.807) is 0 Å². The SMILES string of the molecule is c1ccc(Nc2cc3ccccc3c3c2oc2ccc4ccccc4c23)cc1. The molecule has 1 aromatic heterocycles. The number of benzene rings is 5. The van der Waals surface area contributed by atoms with E-state index >= 15 is 0 Å². The number of rotatable bonds is 2. The quantitative estimate of drug-likeness (QED) is 0.344. The first-order valence-corrected chi connectivity index (χ1v) is 9.46. The summed E-state index contributed by atoms with van der Waals surface area (Å²) in [6.45, 7) is 0. The number of fused-ring (bicyclic) bond motifs is 7. The van der Waals surface area contributed by atoms with Gasteiger partial charge in [0, 0.05) is 16.5 Å². The Bertz CT molecular complexity index is 1480. The summed E-state index contributed by atoms with van der Waals surface area (Å²) in [5.74, 6) is 0. The maximum absolute atomic E-state index is 6.41. The fraction of sp³-hybridized carbons (Fsp3) is 0. The van der Waals surface area contributed by atoms with Gasteiger partial charge in [0.2, 0.25) is 0 Å². The lowest BCUT2D eigenvalue weighted by Gasteiger charge is -2.09. The second-order valence-corrected chi connectivity index (χ2v) is 7.10. The molecule has 0 spiro atoms. The second kappa shape index (κ2) is 5.86. The molecule has 6 aromatic rings. The van der Waals surface area contributed by atoms with Crippen LogP contribution in [0, 0.1) is 0 Å². The number of nitrogens with one attached hydrogen (secondary N) is 1. The van der Waals surface area contributed by atoms with Gasteiger partial charge in [0.15, 0.2) is 5.58 Å². The third-order valence-corrected chi connectivity index (χ3v) is 5.41. The first kappa shape index (κ1) is 15.3. The van der Waals surface area contributed by atoms with E-state index in [0.717, 1.165) is 22.5 Å². The number of anilines is 2. The third-order valence-electron chi connectivity index (χ3n) is 5.41. The monoisotopic (exact) mass is 359 g/mol. The Morgan fingerprint density at radius 1 is 0.571 bits per heavy atom. The van der Waals surface area contributed by atoms with E-state index in [1.807, 2.05) is 18.2 Å². The summed E-state index contributed by atoms with van der Waals surface area (Å²) in [7, 11) is 0. The van der Waals surface area contributed by atoms with Crippen LogP contribution in [0.3, 0.4) is 0 Å². The van der Waals surface area contributed by atoms with Gasteiger partial charge in [-0.15, -0.1) is 0 Å². The molecule has 1 heterocycles. The van der Waals surface area contributed by atoms with Crippen molar-refractivity contribution in [1.29, 1.82) is 0 Å². The Kier molecular flexibility index (Phi) is 3.20. The van der Waals surface area contributed by atoms with Crippen LogP contribution in [0.15, 0.2) is 101 Å². The van der Waals surface area contributed by atoms with Crippen LogP contribution in [0.4, 0.5) is 11.4 Å². The highest BCUT2D eigenvalue weighted by Crippen LogP contribution is 2.42. The fourth-order valence-corrected chi connectivity index (χ4v) is 4.16. The summed E-state index contributed by atoms with van der Waals surface area (Å²) in [5, 5.41) is 10.8. The maximum Gasteiger partial charge on any atom is 0.159 e. The van der Waals surface area contributed by atoms with Gasteiger partial charge in [-0.1, -0.05) is 72.8 Å². The predicted octanol–water partition coefficient (Wildman–Crippen LogP) is 7.64. The van der Waals surface area contributed by atoms with Crippen molar-refractivity contribution in [3.05, 3.63) is 97.1 Å². The molecule has 28 heavy (non-hydrogen) atoms. The number of hydrogen-bond acceptors (Lipinski definition) is 2. The zero-order valence-electron chi connectivity index (χ0n) is 15.1. The Morgan fingerprint density at radius 3 is 2.07 bits per heavy atom. The average molecular weight is 359 g/mol. The summed E-state index contributed by atoms with van der Waals surface area (Å²) >= 11 is 0. The van der Waals surface area contributed by atoms with Crippen molar-refractivity contribution in [2.45, 2.75) is 0 Å².